The van der Waals surface area contributed by atoms with E-state index < -0.39 is 11.7 Å². The Labute approximate surface area is 151 Å². The van der Waals surface area contributed by atoms with E-state index in [9.17, 15) is 13.2 Å². The second kappa shape index (κ2) is 8.60. The van der Waals surface area contributed by atoms with E-state index in [4.69, 9.17) is 0 Å². The van der Waals surface area contributed by atoms with Gasteiger partial charge in [0, 0.05) is 39.9 Å². The van der Waals surface area contributed by atoms with Crippen LogP contribution in [-0.4, -0.2) is 27.1 Å². The molecule has 0 saturated heterocycles. The summed E-state index contributed by atoms with van der Waals surface area (Å²) < 4.78 is 37.7. The van der Waals surface area contributed by atoms with Crippen LogP contribution in [0.3, 0.4) is 0 Å². The van der Waals surface area contributed by atoms with E-state index in [1.807, 2.05) is 37.2 Å². The van der Waals surface area contributed by atoms with Crippen LogP contribution in [-0.2, 0) is 19.3 Å². The van der Waals surface area contributed by atoms with E-state index in [1.54, 1.807) is 7.05 Å². The fourth-order valence-electron chi connectivity index (χ4n) is 2.35. The van der Waals surface area contributed by atoms with Crippen LogP contribution in [0.2, 0.25) is 0 Å². The third kappa shape index (κ3) is 5.68. The van der Waals surface area contributed by atoms with Crippen molar-refractivity contribution in [2.45, 2.75) is 19.3 Å². The summed E-state index contributed by atoms with van der Waals surface area (Å²) in [4.78, 5) is 6.17. The minimum atomic E-state index is -4.31. The number of benzene rings is 2. The zero-order valence-corrected chi connectivity index (χ0v) is 15.1. The van der Waals surface area contributed by atoms with Crippen molar-refractivity contribution in [1.82, 2.24) is 10.6 Å². The minimum Gasteiger partial charge on any atom is -0.378 e. The van der Waals surface area contributed by atoms with Crippen molar-refractivity contribution in [2.24, 2.45) is 4.99 Å². The molecule has 0 aliphatic heterocycles. The zero-order chi connectivity index (χ0) is 19.2. The first-order chi connectivity index (χ1) is 12.3. The summed E-state index contributed by atoms with van der Waals surface area (Å²) in [5.41, 5.74) is 2.31. The smallest absolute Gasteiger partial charge is 0.378 e. The number of nitrogens with zero attached hydrogens (tertiary/aromatic N) is 2. The number of aliphatic imine (C=N–C) groups is 1. The van der Waals surface area contributed by atoms with Crippen LogP contribution < -0.4 is 15.5 Å². The molecule has 2 aromatic carbocycles. The molecule has 4 nitrogen and oxygen atoms in total. The average Bonchev–Trinajstić information content (AvgIpc) is 2.61. The molecule has 7 heteroatoms. The first-order valence-electron chi connectivity index (χ1n) is 8.16. The SMILES string of the molecule is CN=C(NCc1ccc(C(F)(F)F)cc1)NCc1cccc(N(C)C)c1. The number of anilines is 1. The summed E-state index contributed by atoms with van der Waals surface area (Å²) in [5, 5.41) is 6.30. The Bertz CT molecular complexity index is 737. The van der Waals surface area contributed by atoms with Gasteiger partial charge in [0.05, 0.1) is 5.56 Å². The van der Waals surface area contributed by atoms with Crippen LogP contribution in [0.15, 0.2) is 53.5 Å². The highest BCUT2D eigenvalue weighted by Crippen LogP contribution is 2.29. The van der Waals surface area contributed by atoms with Gasteiger partial charge >= 0.3 is 6.18 Å². The second-order valence-electron chi connectivity index (χ2n) is 6.04. The number of hydrogen-bond acceptors (Lipinski definition) is 2. The topological polar surface area (TPSA) is 39.7 Å². The molecule has 2 aromatic rings. The van der Waals surface area contributed by atoms with E-state index in [-0.39, 0.29) is 0 Å². The monoisotopic (exact) mass is 364 g/mol. The van der Waals surface area contributed by atoms with Gasteiger partial charge in [0.25, 0.3) is 0 Å². The predicted molar refractivity (Wildman–Crippen MR) is 99.3 cm³/mol. The quantitative estimate of drug-likeness (QED) is 0.629. The van der Waals surface area contributed by atoms with Gasteiger partial charge in [0.2, 0.25) is 0 Å². The number of guanidine groups is 1. The van der Waals surface area contributed by atoms with Crippen molar-refractivity contribution in [3.05, 3.63) is 65.2 Å². The fourth-order valence-corrected chi connectivity index (χ4v) is 2.35. The molecule has 140 valence electrons. The summed E-state index contributed by atoms with van der Waals surface area (Å²) in [6.07, 6.45) is -4.31. The van der Waals surface area contributed by atoms with E-state index in [0.717, 1.165) is 28.9 Å². The van der Waals surface area contributed by atoms with Gasteiger partial charge < -0.3 is 15.5 Å². The molecule has 0 aliphatic carbocycles. The molecule has 0 atom stereocenters. The lowest BCUT2D eigenvalue weighted by Gasteiger charge is -2.15. The van der Waals surface area contributed by atoms with Crippen molar-refractivity contribution >= 4 is 11.6 Å². The molecule has 0 bridgehead atoms. The molecule has 0 fully saturated rings. The molecule has 0 aromatic heterocycles. The summed E-state index contributed by atoms with van der Waals surface area (Å²) in [5.74, 6) is 0.583. The largest absolute Gasteiger partial charge is 0.416 e. The van der Waals surface area contributed by atoms with E-state index in [0.29, 0.717) is 19.0 Å². The van der Waals surface area contributed by atoms with Crippen LogP contribution in [0.1, 0.15) is 16.7 Å². The van der Waals surface area contributed by atoms with Gasteiger partial charge in [0.1, 0.15) is 0 Å². The van der Waals surface area contributed by atoms with Crippen molar-refractivity contribution < 1.29 is 13.2 Å². The lowest BCUT2D eigenvalue weighted by Crippen LogP contribution is -2.36. The Morgan fingerprint density at radius 2 is 1.58 bits per heavy atom. The lowest BCUT2D eigenvalue weighted by atomic mass is 10.1. The Morgan fingerprint density at radius 1 is 0.962 bits per heavy atom. The highest BCUT2D eigenvalue weighted by atomic mass is 19.4. The molecule has 0 aliphatic rings. The van der Waals surface area contributed by atoms with Gasteiger partial charge in [-0.25, -0.2) is 0 Å². The first-order valence-corrected chi connectivity index (χ1v) is 8.16. The van der Waals surface area contributed by atoms with Crippen LogP contribution in [0.25, 0.3) is 0 Å². The average molecular weight is 364 g/mol. The maximum Gasteiger partial charge on any atom is 0.416 e. The van der Waals surface area contributed by atoms with Crippen LogP contribution >= 0.6 is 0 Å². The molecule has 2 N–H and O–H groups in total. The fraction of sp³-hybridized carbons (Fsp3) is 0.316. The highest BCUT2D eigenvalue weighted by Gasteiger charge is 2.29. The normalized spacial score (nSPS) is 12.0. The Balaban J connectivity index is 1.89. The first kappa shape index (κ1) is 19.6. The zero-order valence-electron chi connectivity index (χ0n) is 15.1. The maximum atomic E-state index is 12.6. The number of hydrogen-bond donors (Lipinski definition) is 2. The molecule has 0 radical (unpaired) electrons. The van der Waals surface area contributed by atoms with Crippen LogP contribution in [0, 0.1) is 0 Å². The summed E-state index contributed by atoms with van der Waals surface area (Å²) in [6.45, 7) is 0.976. The molecule has 26 heavy (non-hydrogen) atoms. The third-order valence-corrected chi connectivity index (χ3v) is 3.85. The molecular formula is C19H23F3N4. The van der Waals surface area contributed by atoms with Gasteiger partial charge in [0.15, 0.2) is 5.96 Å². The number of rotatable bonds is 5. The number of halogens is 3. The van der Waals surface area contributed by atoms with Gasteiger partial charge in [-0.15, -0.1) is 0 Å². The van der Waals surface area contributed by atoms with Gasteiger partial charge in [-0.05, 0) is 35.4 Å². The van der Waals surface area contributed by atoms with Crippen molar-refractivity contribution in [1.29, 1.82) is 0 Å². The summed E-state index contributed by atoms with van der Waals surface area (Å²) in [7, 11) is 5.62. The predicted octanol–water partition coefficient (Wildman–Crippen LogP) is 3.64. The number of alkyl halides is 3. The molecular weight excluding hydrogens is 341 g/mol. The Kier molecular flexibility index (Phi) is 6.49. The second-order valence-corrected chi connectivity index (χ2v) is 6.04. The molecule has 0 amide bonds. The van der Waals surface area contributed by atoms with Crippen molar-refractivity contribution in [3.63, 3.8) is 0 Å². The van der Waals surface area contributed by atoms with Gasteiger partial charge in [-0.1, -0.05) is 24.3 Å². The highest BCUT2D eigenvalue weighted by molar-refractivity contribution is 5.79. The van der Waals surface area contributed by atoms with Gasteiger partial charge in [-0.3, -0.25) is 4.99 Å². The Hall–Kier alpha value is -2.70. The van der Waals surface area contributed by atoms with E-state index in [1.165, 1.54) is 12.1 Å². The van der Waals surface area contributed by atoms with Crippen molar-refractivity contribution in [2.75, 3.05) is 26.0 Å². The van der Waals surface area contributed by atoms with Gasteiger partial charge in [-0.2, -0.15) is 13.2 Å². The minimum absolute atomic E-state index is 0.384. The Morgan fingerprint density at radius 3 is 2.12 bits per heavy atom. The van der Waals surface area contributed by atoms with Crippen molar-refractivity contribution in [3.8, 4) is 0 Å². The summed E-state index contributed by atoms with van der Waals surface area (Å²) in [6, 6.07) is 13.2. The molecule has 0 spiro atoms. The lowest BCUT2D eigenvalue weighted by molar-refractivity contribution is -0.137. The van der Waals surface area contributed by atoms with E-state index in [2.05, 4.69) is 21.7 Å². The van der Waals surface area contributed by atoms with Crippen LogP contribution in [0.4, 0.5) is 18.9 Å². The summed E-state index contributed by atoms with van der Waals surface area (Å²) >= 11 is 0. The maximum absolute atomic E-state index is 12.6. The molecule has 0 unspecified atom stereocenters. The molecule has 0 heterocycles. The van der Waals surface area contributed by atoms with Crippen LogP contribution in [0.5, 0.6) is 0 Å². The van der Waals surface area contributed by atoms with E-state index >= 15 is 0 Å². The molecule has 2 rings (SSSR count). The number of nitrogens with one attached hydrogen (secondary N) is 2. The standard InChI is InChI=1S/C19H23F3N4/c1-23-18(25-13-15-5-4-6-17(11-15)26(2)3)24-12-14-7-9-16(10-8-14)19(20,21)22/h4-11H,12-13H2,1-3H3,(H2,23,24,25). The third-order valence-electron chi connectivity index (χ3n) is 3.85. The molecule has 0 saturated carbocycles.